The SMILES string of the molecule is COc1cncc(-c2cc(NCC(C)c3ccnc4c3OCCO4)ncn2)c1. The molecule has 1 N–H and O–H groups in total. The first-order valence-corrected chi connectivity index (χ1v) is 9.04. The van der Waals surface area contributed by atoms with E-state index >= 15 is 0 Å². The van der Waals surface area contributed by atoms with Gasteiger partial charge in [-0.2, -0.15) is 0 Å². The molecule has 1 aliphatic heterocycles. The Hall–Kier alpha value is -3.42. The molecular formula is C20H21N5O3. The van der Waals surface area contributed by atoms with Crippen molar-refractivity contribution in [1.82, 2.24) is 19.9 Å². The standard InChI is InChI=1S/C20H21N5O3/c1-13(16-3-4-22-20-19(16)27-5-6-28-20)9-23-18-8-17(24-12-25-18)14-7-15(26-2)11-21-10-14/h3-4,7-8,10-13H,5-6,9H2,1-2H3,(H,23,24,25). The molecule has 3 aromatic rings. The van der Waals surface area contributed by atoms with Crippen molar-refractivity contribution in [1.29, 1.82) is 0 Å². The number of methoxy groups -OCH3 is 1. The average Bonchev–Trinajstić information content (AvgIpc) is 2.77. The lowest BCUT2D eigenvalue weighted by Gasteiger charge is -2.22. The van der Waals surface area contributed by atoms with E-state index in [1.54, 1.807) is 25.7 Å². The summed E-state index contributed by atoms with van der Waals surface area (Å²) in [6.07, 6.45) is 6.69. The molecule has 1 atom stereocenters. The van der Waals surface area contributed by atoms with Gasteiger partial charge in [0.15, 0.2) is 5.75 Å². The molecule has 0 fully saturated rings. The van der Waals surface area contributed by atoms with Gasteiger partial charge >= 0.3 is 0 Å². The molecule has 0 saturated carbocycles. The molecule has 4 rings (SSSR count). The minimum Gasteiger partial charge on any atom is -0.495 e. The van der Waals surface area contributed by atoms with Crippen LogP contribution in [-0.2, 0) is 0 Å². The van der Waals surface area contributed by atoms with Crippen LogP contribution in [0.3, 0.4) is 0 Å². The largest absolute Gasteiger partial charge is 0.495 e. The van der Waals surface area contributed by atoms with E-state index < -0.39 is 0 Å². The van der Waals surface area contributed by atoms with Crippen LogP contribution in [0.1, 0.15) is 18.4 Å². The number of rotatable bonds is 6. The van der Waals surface area contributed by atoms with Gasteiger partial charge in [-0.1, -0.05) is 6.92 Å². The van der Waals surface area contributed by atoms with Crippen LogP contribution < -0.4 is 19.5 Å². The highest BCUT2D eigenvalue weighted by molar-refractivity contribution is 5.62. The van der Waals surface area contributed by atoms with Crippen molar-refractivity contribution in [3.8, 4) is 28.6 Å². The maximum atomic E-state index is 5.77. The lowest BCUT2D eigenvalue weighted by Crippen LogP contribution is -2.19. The maximum Gasteiger partial charge on any atom is 0.257 e. The van der Waals surface area contributed by atoms with Gasteiger partial charge in [-0.25, -0.2) is 15.0 Å². The van der Waals surface area contributed by atoms with Crippen molar-refractivity contribution in [3.05, 3.63) is 48.7 Å². The number of aromatic nitrogens is 4. The predicted octanol–water partition coefficient (Wildman–Crippen LogP) is 2.93. The Morgan fingerprint density at radius 3 is 2.93 bits per heavy atom. The normalized spacial score (nSPS) is 13.6. The van der Waals surface area contributed by atoms with E-state index in [-0.39, 0.29) is 5.92 Å². The molecule has 3 aromatic heterocycles. The quantitative estimate of drug-likeness (QED) is 0.699. The fraction of sp³-hybridized carbons (Fsp3) is 0.300. The van der Waals surface area contributed by atoms with Crippen LogP contribution in [0.5, 0.6) is 17.4 Å². The van der Waals surface area contributed by atoms with Gasteiger partial charge in [-0.05, 0) is 12.1 Å². The van der Waals surface area contributed by atoms with Crippen molar-refractivity contribution < 1.29 is 14.2 Å². The first-order valence-electron chi connectivity index (χ1n) is 9.04. The molecule has 8 nitrogen and oxygen atoms in total. The topological polar surface area (TPSA) is 91.3 Å². The Morgan fingerprint density at radius 2 is 2.04 bits per heavy atom. The van der Waals surface area contributed by atoms with Crippen molar-refractivity contribution in [2.24, 2.45) is 0 Å². The smallest absolute Gasteiger partial charge is 0.257 e. The van der Waals surface area contributed by atoms with Crippen molar-refractivity contribution in [3.63, 3.8) is 0 Å². The highest BCUT2D eigenvalue weighted by atomic mass is 16.6. The van der Waals surface area contributed by atoms with Gasteiger partial charge in [-0.15, -0.1) is 0 Å². The Labute approximate surface area is 162 Å². The fourth-order valence-electron chi connectivity index (χ4n) is 3.01. The van der Waals surface area contributed by atoms with Crippen LogP contribution in [0.4, 0.5) is 5.82 Å². The molecule has 0 amide bonds. The molecule has 0 spiro atoms. The molecule has 1 aliphatic rings. The van der Waals surface area contributed by atoms with Gasteiger partial charge in [0.05, 0.1) is 19.0 Å². The molecule has 0 aliphatic carbocycles. The van der Waals surface area contributed by atoms with Crippen LogP contribution in [0, 0.1) is 0 Å². The third-order valence-electron chi connectivity index (χ3n) is 4.50. The second kappa shape index (κ2) is 8.08. The second-order valence-corrected chi connectivity index (χ2v) is 6.42. The van der Waals surface area contributed by atoms with Gasteiger partial charge in [0.1, 0.15) is 31.1 Å². The van der Waals surface area contributed by atoms with Crippen molar-refractivity contribution >= 4 is 5.82 Å². The van der Waals surface area contributed by atoms with Gasteiger partial charge < -0.3 is 19.5 Å². The Balaban J connectivity index is 1.48. The summed E-state index contributed by atoms with van der Waals surface area (Å²) in [4.78, 5) is 17.1. The van der Waals surface area contributed by atoms with Crippen LogP contribution in [0.25, 0.3) is 11.3 Å². The average molecular weight is 379 g/mol. The van der Waals surface area contributed by atoms with E-state index in [0.717, 1.165) is 28.4 Å². The number of hydrogen-bond donors (Lipinski definition) is 1. The highest BCUT2D eigenvalue weighted by Gasteiger charge is 2.20. The Morgan fingerprint density at radius 1 is 1.14 bits per heavy atom. The van der Waals surface area contributed by atoms with Gasteiger partial charge in [0.2, 0.25) is 0 Å². The van der Waals surface area contributed by atoms with E-state index in [4.69, 9.17) is 14.2 Å². The summed E-state index contributed by atoms with van der Waals surface area (Å²) in [5.74, 6) is 2.89. The molecule has 0 saturated heterocycles. The first kappa shape index (κ1) is 18.0. The van der Waals surface area contributed by atoms with Crippen molar-refractivity contribution in [2.45, 2.75) is 12.8 Å². The minimum atomic E-state index is 0.176. The van der Waals surface area contributed by atoms with Crippen LogP contribution >= 0.6 is 0 Å². The van der Waals surface area contributed by atoms with Crippen molar-refractivity contribution in [2.75, 3.05) is 32.2 Å². The number of ether oxygens (including phenoxy) is 3. The van der Waals surface area contributed by atoms with Crippen LogP contribution in [-0.4, -0.2) is 46.8 Å². The molecule has 8 heteroatoms. The van der Waals surface area contributed by atoms with E-state index in [1.807, 2.05) is 18.2 Å². The van der Waals surface area contributed by atoms with E-state index in [1.165, 1.54) is 6.33 Å². The van der Waals surface area contributed by atoms with Gasteiger partial charge in [0.25, 0.3) is 5.88 Å². The summed E-state index contributed by atoms with van der Waals surface area (Å²) in [5.41, 5.74) is 2.70. The van der Waals surface area contributed by atoms with E-state index in [2.05, 4.69) is 32.2 Å². The van der Waals surface area contributed by atoms with Crippen LogP contribution in [0.2, 0.25) is 0 Å². The summed E-state index contributed by atoms with van der Waals surface area (Å²) >= 11 is 0. The molecule has 28 heavy (non-hydrogen) atoms. The number of nitrogens with one attached hydrogen (secondary N) is 1. The number of anilines is 1. The highest BCUT2D eigenvalue weighted by Crippen LogP contribution is 2.35. The molecule has 1 unspecified atom stereocenters. The minimum absolute atomic E-state index is 0.176. The Kier molecular flexibility index (Phi) is 5.18. The molecule has 0 radical (unpaired) electrons. The Bertz CT molecular complexity index is 966. The number of fused-ring (bicyclic) bond motifs is 1. The fourth-order valence-corrected chi connectivity index (χ4v) is 3.01. The summed E-state index contributed by atoms with van der Waals surface area (Å²) in [6.45, 7) is 3.86. The molecule has 0 bridgehead atoms. The second-order valence-electron chi connectivity index (χ2n) is 6.42. The zero-order valence-electron chi connectivity index (χ0n) is 15.8. The molecular weight excluding hydrogens is 358 g/mol. The first-order chi connectivity index (χ1) is 13.7. The van der Waals surface area contributed by atoms with E-state index in [0.29, 0.717) is 31.4 Å². The monoisotopic (exact) mass is 379 g/mol. The van der Waals surface area contributed by atoms with E-state index in [9.17, 15) is 0 Å². The maximum absolute atomic E-state index is 5.77. The molecule has 0 aromatic carbocycles. The molecule has 4 heterocycles. The zero-order valence-corrected chi connectivity index (χ0v) is 15.8. The lowest BCUT2D eigenvalue weighted by atomic mass is 10.0. The molecule has 144 valence electrons. The summed E-state index contributed by atoms with van der Waals surface area (Å²) in [7, 11) is 1.61. The van der Waals surface area contributed by atoms with Gasteiger partial charge in [0, 0.05) is 42.0 Å². The number of nitrogens with zero attached hydrogens (tertiary/aromatic N) is 4. The third-order valence-corrected chi connectivity index (χ3v) is 4.50. The summed E-state index contributed by atoms with van der Waals surface area (Å²) in [5, 5.41) is 3.37. The predicted molar refractivity (Wildman–Crippen MR) is 104 cm³/mol. The zero-order chi connectivity index (χ0) is 19.3. The summed E-state index contributed by atoms with van der Waals surface area (Å²) < 4.78 is 16.6. The number of pyridine rings is 2. The lowest BCUT2D eigenvalue weighted by molar-refractivity contribution is 0.162. The van der Waals surface area contributed by atoms with Crippen LogP contribution in [0.15, 0.2) is 43.1 Å². The number of hydrogen-bond acceptors (Lipinski definition) is 8. The third kappa shape index (κ3) is 3.80. The van der Waals surface area contributed by atoms with Gasteiger partial charge in [-0.3, -0.25) is 4.98 Å². The summed E-state index contributed by atoms with van der Waals surface area (Å²) in [6, 6.07) is 5.75.